The normalized spacial score (nSPS) is 42.5. The molecule has 2 N–H and O–H groups in total. The molecule has 2 aliphatic carbocycles. The number of rotatable bonds is 4. The Bertz CT molecular complexity index is 734. The molecule has 2 saturated carbocycles. The number of alkyl halides is 3. The second-order valence-corrected chi connectivity index (χ2v) is 10.2. The van der Waals surface area contributed by atoms with Crippen molar-refractivity contribution in [1.29, 1.82) is 0 Å². The number of halogens is 3. The van der Waals surface area contributed by atoms with Crippen molar-refractivity contribution in [1.82, 2.24) is 5.32 Å². The molecule has 0 unspecified atom stereocenters. The molecule has 0 spiro atoms. The number of allylic oxidation sites excluding steroid dienone is 1. The zero-order valence-corrected chi connectivity index (χ0v) is 18.0. The van der Waals surface area contributed by atoms with E-state index in [-0.39, 0.29) is 36.7 Å². The van der Waals surface area contributed by atoms with Crippen LogP contribution in [0, 0.1) is 28.6 Å². The summed E-state index contributed by atoms with van der Waals surface area (Å²) in [6.45, 7) is 7.92. The quantitative estimate of drug-likeness (QED) is 0.404. The largest absolute Gasteiger partial charge is 0.460 e. The summed E-state index contributed by atoms with van der Waals surface area (Å²) in [6.07, 6.45) is -0.471. The van der Waals surface area contributed by atoms with E-state index in [1.165, 1.54) is 6.92 Å². The first-order chi connectivity index (χ1) is 13.8. The molecule has 6 atom stereocenters. The Labute approximate surface area is 175 Å². The number of hydrogen-bond acceptors (Lipinski definition) is 4. The average Bonchev–Trinajstić information content (AvgIpc) is 2.97. The van der Waals surface area contributed by atoms with Gasteiger partial charge >= 0.3 is 12.1 Å². The van der Waals surface area contributed by atoms with Gasteiger partial charge in [0, 0.05) is 0 Å². The second-order valence-electron chi connectivity index (χ2n) is 10.2. The number of ether oxygens (including phenoxy) is 1. The van der Waals surface area contributed by atoms with Crippen molar-refractivity contribution in [2.75, 3.05) is 6.61 Å². The van der Waals surface area contributed by atoms with Crippen molar-refractivity contribution in [2.45, 2.75) is 77.6 Å². The minimum atomic E-state index is -4.65. The first kappa shape index (κ1) is 23.1. The van der Waals surface area contributed by atoms with Gasteiger partial charge < -0.3 is 15.2 Å². The predicted molar refractivity (Wildman–Crippen MR) is 104 cm³/mol. The number of aliphatic hydroxyl groups is 1. The molecule has 3 fully saturated rings. The van der Waals surface area contributed by atoms with Crippen LogP contribution in [-0.4, -0.2) is 41.9 Å². The molecule has 0 radical (unpaired) electrons. The van der Waals surface area contributed by atoms with Gasteiger partial charge in [-0.3, -0.25) is 4.79 Å². The van der Waals surface area contributed by atoms with Crippen LogP contribution in [0.2, 0.25) is 0 Å². The molecule has 3 aliphatic rings. The third kappa shape index (κ3) is 3.55. The average molecular weight is 431 g/mol. The number of fused-ring (bicyclic) bond motifs is 1. The number of cyclic esters (lactones) is 1. The standard InChI is InChI=1S/C22H32F3NO4/c1-13-15-7-8-19(2,3)17(6-5-14-16(26-12-27)11-30-18(14)28)20(15,4)9-10-21(13,29)22(23,24)25/h5,12-13,15-17,29H,6-11H2,1-4H3,(H,26,27)/b14-5+/t13-,15-,16+,17-,20-,21-/m1/s1. The highest BCUT2D eigenvalue weighted by Crippen LogP contribution is 2.65. The number of amides is 1. The number of carbonyl (C=O) groups is 2. The highest BCUT2D eigenvalue weighted by Gasteiger charge is 2.66. The summed E-state index contributed by atoms with van der Waals surface area (Å²) in [6, 6.07) is -0.495. The van der Waals surface area contributed by atoms with Crippen molar-refractivity contribution in [2.24, 2.45) is 28.6 Å². The monoisotopic (exact) mass is 431 g/mol. The molecule has 0 aromatic rings. The molecule has 30 heavy (non-hydrogen) atoms. The minimum absolute atomic E-state index is 0.0294. The molecular formula is C22H32F3NO4. The van der Waals surface area contributed by atoms with Gasteiger partial charge in [0.15, 0.2) is 5.60 Å². The Morgan fingerprint density at radius 2 is 1.90 bits per heavy atom. The lowest BCUT2D eigenvalue weighted by Gasteiger charge is -2.62. The van der Waals surface area contributed by atoms with Crippen LogP contribution in [0.3, 0.4) is 0 Å². The Morgan fingerprint density at radius 1 is 1.23 bits per heavy atom. The second kappa shape index (κ2) is 7.53. The van der Waals surface area contributed by atoms with E-state index in [1.807, 2.05) is 6.92 Å². The fourth-order valence-electron chi connectivity index (χ4n) is 6.54. The number of carbonyl (C=O) groups excluding carboxylic acids is 2. The van der Waals surface area contributed by atoms with Crippen LogP contribution in [0.25, 0.3) is 0 Å². The molecule has 0 aromatic heterocycles. The van der Waals surface area contributed by atoms with E-state index in [0.717, 1.165) is 6.42 Å². The Kier molecular flexibility index (Phi) is 5.80. The fraction of sp³-hybridized carbons (Fsp3) is 0.818. The zero-order chi connectivity index (χ0) is 22.5. The lowest BCUT2D eigenvalue weighted by molar-refractivity contribution is -0.311. The first-order valence-electron chi connectivity index (χ1n) is 10.6. The van der Waals surface area contributed by atoms with Gasteiger partial charge in [0.05, 0.1) is 11.6 Å². The molecule has 8 heteroatoms. The van der Waals surface area contributed by atoms with Crippen LogP contribution in [-0.2, 0) is 14.3 Å². The molecule has 1 aliphatic heterocycles. The highest BCUT2D eigenvalue weighted by molar-refractivity contribution is 5.92. The van der Waals surface area contributed by atoms with E-state index in [0.29, 0.717) is 24.8 Å². The van der Waals surface area contributed by atoms with E-state index in [9.17, 15) is 27.9 Å². The fourth-order valence-corrected chi connectivity index (χ4v) is 6.54. The third-order valence-electron chi connectivity index (χ3n) is 8.41. The van der Waals surface area contributed by atoms with Gasteiger partial charge in [0.25, 0.3) is 0 Å². The van der Waals surface area contributed by atoms with Gasteiger partial charge in [-0.1, -0.05) is 33.8 Å². The maximum atomic E-state index is 13.7. The van der Waals surface area contributed by atoms with Crippen LogP contribution < -0.4 is 5.32 Å². The summed E-state index contributed by atoms with van der Waals surface area (Å²) in [5.74, 6) is -1.60. The smallest absolute Gasteiger partial charge is 0.417 e. The Balaban J connectivity index is 1.91. The molecule has 0 bridgehead atoms. The number of esters is 1. The lowest BCUT2D eigenvalue weighted by atomic mass is 9.44. The van der Waals surface area contributed by atoms with Crippen LogP contribution in [0.1, 0.15) is 59.8 Å². The van der Waals surface area contributed by atoms with Crippen molar-refractivity contribution in [3.05, 3.63) is 11.6 Å². The van der Waals surface area contributed by atoms with E-state index in [1.54, 1.807) is 6.08 Å². The van der Waals surface area contributed by atoms with Gasteiger partial charge in [-0.25, -0.2) is 4.79 Å². The van der Waals surface area contributed by atoms with Crippen LogP contribution in [0.5, 0.6) is 0 Å². The summed E-state index contributed by atoms with van der Waals surface area (Å²) in [5.41, 5.74) is -2.78. The summed E-state index contributed by atoms with van der Waals surface area (Å²) in [5, 5.41) is 13.1. The van der Waals surface area contributed by atoms with Gasteiger partial charge in [0.1, 0.15) is 6.61 Å². The van der Waals surface area contributed by atoms with Crippen LogP contribution >= 0.6 is 0 Å². The third-order valence-corrected chi connectivity index (χ3v) is 8.41. The summed E-state index contributed by atoms with van der Waals surface area (Å²) in [4.78, 5) is 22.9. The summed E-state index contributed by atoms with van der Waals surface area (Å²) < 4.78 is 46.1. The van der Waals surface area contributed by atoms with E-state index in [2.05, 4.69) is 19.2 Å². The van der Waals surface area contributed by atoms with Crippen molar-refractivity contribution >= 4 is 12.4 Å². The molecule has 1 amide bonds. The lowest BCUT2D eigenvalue weighted by Crippen LogP contribution is -2.62. The predicted octanol–water partition coefficient (Wildman–Crippen LogP) is 3.76. The number of hydrogen-bond donors (Lipinski definition) is 2. The van der Waals surface area contributed by atoms with E-state index in [4.69, 9.17) is 4.74 Å². The molecule has 1 heterocycles. The molecule has 5 nitrogen and oxygen atoms in total. The van der Waals surface area contributed by atoms with Gasteiger partial charge in [-0.05, 0) is 60.7 Å². The van der Waals surface area contributed by atoms with Crippen molar-refractivity contribution < 1.29 is 32.6 Å². The Hall–Kier alpha value is -1.57. The molecule has 3 rings (SSSR count). The molecule has 0 aromatic carbocycles. The molecule has 1 saturated heterocycles. The van der Waals surface area contributed by atoms with E-state index < -0.39 is 35.1 Å². The number of nitrogens with one attached hydrogen (secondary N) is 1. The van der Waals surface area contributed by atoms with Gasteiger partial charge in [0.2, 0.25) is 6.41 Å². The SMILES string of the molecule is C[C@@H]1[C@H]2CCC(C)(C)[C@@H](C/C=C3/C(=O)OC[C@@H]3NC=O)[C@]2(C)CC[C@]1(O)C(F)(F)F. The summed E-state index contributed by atoms with van der Waals surface area (Å²) >= 11 is 0. The van der Waals surface area contributed by atoms with Crippen molar-refractivity contribution in [3.63, 3.8) is 0 Å². The molecule has 170 valence electrons. The molecular weight excluding hydrogens is 399 g/mol. The maximum absolute atomic E-state index is 13.7. The van der Waals surface area contributed by atoms with Crippen LogP contribution in [0.4, 0.5) is 13.2 Å². The summed E-state index contributed by atoms with van der Waals surface area (Å²) in [7, 11) is 0. The van der Waals surface area contributed by atoms with Gasteiger partial charge in [-0.15, -0.1) is 0 Å². The minimum Gasteiger partial charge on any atom is -0.460 e. The topological polar surface area (TPSA) is 75.6 Å². The van der Waals surface area contributed by atoms with Crippen LogP contribution in [0.15, 0.2) is 11.6 Å². The van der Waals surface area contributed by atoms with Crippen molar-refractivity contribution in [3.8, 4) is 0 Å². The maximum Gasteiger partial charge on any atom is 0.417 e. The van der Waals surface area contributed by atoms with Gasteiger partial charge in [-0.2, -0.15) is 13.2 Å². The zero-order valence-electron chi connectivity index (χ0n) is 18.0. The van der Waals surface area contributed by atoms with E-state index >= 15 is 0 Å². The Morgan fingerprint density at radius 3 is 2.50 bits per heavy atom. The first-order valence-corrected chi connectivity index (χ1v) is 10.6. The highest BCUT2D eigenvalue weighted by atomic mass is 19.4.